The summed E-state index contributed by atoms with van der Waals surface area (Å²) in [5.41, 5.74) is 11.3. The summed E-state index contributed by atoms with van der Waals surface area (Å²) in [7, 11) is 0. The molecule has 164 valence electrons. The molecule has 0 radical (unpaired) electrons. The molecule has 0 heterocycles. The normalized spacial score (nSPS) is 20.1. The average Bonchev–Trinajstić information content (AvgIpc) is 2.77. The predicted molar refractivity (Wildman–Crippen MR) is 137 cm³/mol. The summed E-state index contributed by atoms with van der Waals surface area (Å²) in [4.78, 5) is 2.46. The minimum absolute atomic E-state index is 0.202. The van der Waals surface area contributed by atoms with Crippen molar-refractivity contribution in [3.8, 4) is 0 Å². The summed E-state index contributed by atoms with van der Waals surface area (Å²) in [5.74, 6) is 1.31. The zero-order chi connectivity index (χ0) is 22.5. The first-order valence-corrected chi connectivity index (χ1v) is 12.0. The lowest BCUT2D eigenvalue weighted by molar-refractivity contribution is 0.170. The fraction of sp³-hybridized carbons (Fsp3) is 0.357. The first kappa shape index (κ1) is 23.4. The van der Waals surface area contributed by atoms with E-state index in [0.717, 1.165) is 4.47 Å². The number of nitrogens with zero attached hydrogens (tertiary/aromatic N) is 1. The Kier molecular flexibility index (Phi) is 7.83. The lowest BCUT2D eigenvalue weighted by Gasteiger charge is -2.45. The number of hydrogen-bond donors (Lipinski definition) is 1. The lowest BCUT2D eigenvalue weighted by Crippen LogP contribution is -2.44. The lowest BCUT2D eigenvalue weighted by atomic mass is 9.73. The van der Waals surface area contributed by atoms with Gasteiger partial charge in [-0.25, -0.2) is 0 Å². The van der Waals surface area contributed by atoms with E-state index in [-0.39, 0.29) is 12.1 Å². The second-order valence-corrected chi connectivity index (χ2v) is 9.99. The molecule has 2 aromatic rings. The molecule has 1 aliphatic carbocycles. The van der Waals surface area contributed by atoms with Crippen LogP contribution in [0.3, 0.4) is 0 Å². The van der Waals surface area contributed by atoms with Gasteiger partial charge < -0.3 is 10.6 Å². The van der Waals surface area contributed by atoms with Gasteiger partial charge in [0.2, 0.25) is 0 Å². The molecule has 0 fully saturated rings. The zero-order valence-electron chi connectivity index (χ0n) is 19.3. The van der Waals surface area contributed by atoms with Gasteiger partial charge in [0.05, 0.1) is 12.1 Å². The fourth-order valence-corrected chi connectivity index (χ4v) is 4.82. The predicted octanol–water partition coefficient (Wildman–Crippen LogP) is 7.56. The highest BCUT2D eigenvalue weighted by Gasteiger charge is 2.36. The molecule has 31 heavy (non-hydrogen) atoms. The molecular weight excluding hydrogens is 444 g/mol. The maximum atomic E-state index is 5.97. The van der Waals surface area contributed by atoms with Crippen LogP contribution < -0.4 is 5.73 Å². The Bertz CT molecular complexity index is 939. The molecule has 0 spiro atoms. The van der Waals surface area contributed by atoms with Crippen molar-refractivity contribution in [3.63, 3.8) is 0 Å². The van der Waals surface area contributed by atoms with E-state index >= 15 is 0 Å². The molecule has 0 amide bonds. The molecular formula is C28H35BrN2. The molecule has 0 aromatic heterocycles. The van der Waals surface area contributed by atoms with E-state index < -0.39 is 0 Å². The van der Waals surface area contributed by atoms with Gasteiger partial charge in [-0.05, 0) is 53.2 Å². The third-order valence-electron chi connectivity index (χ3n) is 6.32. The number of rotatable bonds is 7. The number of benzene rings is 2. The molecule has 0 aliphatic heterocycles. The second-order valence-electron chi connectivity index (χ2n) is 9.07. The summed E-state index contributed by atoms with van der Waals surface area (Å²) in [6, 6.07) is 19.8. The van der Waals surface area contributed by atoms with Gasteiger partial charge in [0.15, 0.2) is 0 Å². The molecule has 2 N–H and O–H groups in total. The molecule has 3 unspecified atom stereocenters. The van der Waals surface area contributed by atoms with Crippen molar-refractivity contribution in [2.24, 2.45) is 23.5 Å². The van der Waals surface area contributed by atoms with Crippen molar-refractivity contribution >= 4 is 21.5 Å². The standard InChI is InChI=1S/C28H35BrN2/c1-19(2)26-17-24(23-9-7-6-8-10-23)18-27(20(3)4)28(26)31(16-15-30)21(5)22-11-13-25(29)14-12-22/h6-21,26,28H,30H2,1-5H3/b16-15-. The SMILES string of the molecule is CC(C)C1=CC(c2ccccc2)=CC(C(C)C)C1N(/C=C\N)C(C)c1ccc(Br)cc1. The van der Waals surface area contributed by atoms with Gasteiger partial charge in [0.25, 0.3) is 0 Å². The van der Waals surface area contributed by atoms with Crippen molar-refractivity contribution in [3.05, 3.63) is 100 Å². The average molecular weight is 480 g/mol. The highest BCUT2D eigenvalue weighted by Crippen LogP contribution is 2.41. The number of nitrogens with two attached hydrogens (primary N) is 1. The van der Waals surface area contributed by atoms with Crippen LogP contribution in [0.25, 0.3) is 5.57 Å². The van der Waals surface area contributed by atoms with Crippen LogP contribution in [0.2, 0.25) is 0 Å². The molecule has 0 bridgehead atoms. The Morgan fingerprint density at radius 2 is 1.58 bits per heavy atom. The molecule has 2 aromatic carbocycles. The Balaban J connectivity index is 2.09. The summed E-state index contributed by atoms with van der Waals surface area (Å²) in [6.45, 7) is 11.5. The van der Waals surface area contributed by atoms with Gasteiger partial charge >= 0.3 is 0 Å². The minimum atomic E-state index is 0.202. The highest BCUT2D eigenvalue weighted by molar-refractivity contribution is 9.10. The smallest absolute Gasteiger partial charge is 0.0574 e. The van der Waals surface area contributed by atoms with Gasteiger partial charge in [0.1, 0.15) is 0 Å². The van der Waals surface area contributed by atoms with Crippen LogP contribution in [-0.2, 0) is 0 Å². The number of halogens is 1. The van der Waals surface area contributed by atoms with E-state index in [1.54, 1.807) is 6.20 Å². The molecule has 3 atom stereocenters. The van der Waals surface area contributed by atoms with Crippen molar-refractivity contribution < 1.29 is 0 Å². The second kappa shape index (κ2) is 10.4. The first-order valence-electron chi connectivity index (χ1n) is 11.2. The summed E-state index contributed by atoms with van der Waals surface area (Å²) in [5, 5.41) is 0. The van der Waals surface area contributed by atoms with Gasteiger partial charge in [0, 0.05) is 22.8 Å². The molecule has 3 rings (SSSR count). The summed E-state index contributed by atoms with van der Waals surface area (Å²) in [6.07, 6.45) is 8.64. The van der Waals surface area contributed by atoms with Crippen molar-refractivity contribution in [1.82, 2.24) is 4.90 Å². The van der Waals surface area contributed by atoms with E-state index in [1.165, 1.54) is 22.3 Å². The molecule has 0 saturated heterocycles. The Morgan fingerprint density at radius 1 is 0.935 bits per heavy atom. The number of hydrogen-bond acceptors (Lipinski definition) is 2. The summed E-state index contributed by atoms with van der Waals surface area (Å²) < 4.78 is 1.10. The van der Waals surface area contributed by atoms with Crippen LogP contribution in [0.1, 0.15) is 51.8 Å². The first-order chi connectivity index (χ1) is 14.8. The summed E-state index contributed by atoms with van der Waals surface area (Å²) >= 11 is 3.56. The van der Waals surface area contributed by atoms with Gasteiger partial charge in [-0.1, -0.05) is 98.2 Å². The largest absolute Gasteiger partial charge is 0.403 e. The maximum absolute atomic E-state index is 5.97. The fourth-order valence-electron chi connectivity index (χ4n) is 4.56. The van der Waals surface area contributed by atoms with Crippen molar-refractivity contribution in [1.29, 1.82) is 0 Å². The number of allylic oxidation sites excluding steroid dienone is 2. The molecule has 2 nitrogen and oxygen atoms in total. The maximum Gasteiger partial charge on any atom is 0.0574 e. The van der Waals surface area contributed by atoms with E-state index in [1.807, 2.05) is 0 Å². The van der Waals surface area contributed by atoms with Crippen LogP contribution in [0.15, 0.2) is 89.2 Å². The van der Waals surface area contributed by atoms with Crippen LogP contribution in [0.5, 0.6) is 0 Å². The topological polar surface area (TPSA) is 29.3 Å². The van der Waals surface area contributed by atoms with Crippen LogP contribution >= 0.6 is 15.9 Å². The van der Waals surface area contributed by atoms with Gasteiger partial charge in [-0.3, -0.25) is 0 Å². The van der Waals surface area contributed by atoms with Crippen molar-refractivity contribution in [2.75, 3.05) is 0 Å². The third kappa shape index (κ3) is 5.33. The monoisotopic (exact) mass is 478 g/mol. The van der Waals surface area contributed by atoms with E-state index in [4.69, 9.17) is 5.73 Å². The van der Waals surface area contributed by atoms with Crippen LogP contribution in [0, 0.1) is 17.8 Å². The van der Waals surface area contributed by atoms with E-state index in [0.29, 0.717) is 17.8 Å². The Morgan fingerprint density at radius 3 is 2.13 bits per heavy atom. The van der Waals surface area contributed by atoms with Crippen molar-refractivity contribution in [2.45, 2.75) is 46.7 Å². The van der Waals surface area contributed by atoms with Gasteiger partial charge in [-0.2, -0.15) is 0 Å². The Hall–Kier alpha value is -2.26. The molecule has 3 heteroatoms. The third-order valence-corrected chi connectivity index (χ3v) is 6.85. The van der Waals surface area contributed by atoms with E-state index in [9.17, 15) is 0 Å². The van der Waals surface area contributed by atoms with E-state index in [2.05, 4.69) is 128 Å². The minimum Gasteiger partial charge on any atom is -0.403 e. The zero-order valence-corrected chi connectivity index (χ0v) is 20.9. The Labute approximate surface area is 196 Å². The van der Waals surface area contributed by atoms with Crippen LogP contribution in [-0.4, -0.2) is 10.9 Å². The molecule has 0 saturated carbocycles. The molecule has 1 aliphatic rings. The quantitative estimate of drug-likeness (QED) is 0.444. The van der Waals surface area contributed by atoms with Gasteiger partial charge in [-0.15, -0.1) is 0 Å². The van der Waals surface area contributed by atoms with Crippen LogP contribution in [0.4, 0.5) is 0 Å². The highest BCUT2D eigenvalue weighted by atomic mass is 79.9.